The van der Waals surface area contributed by atoms with E-state index in [9.17, 15) is 20.0 Å². The normalized spacial score (nSPS) is 11.5. The number of thiocarbonyl (C=S) groups is 1. The van der Waals surface area contributed by atoms with Gasteiger partial charge in [-0.05, 0) is 48.3 Å². The van der Waals surface area contributed by atoms with Gasteiger partial charge in [-0.1, -0.05) is 32.0 Å². The van der Waals surface area contributed by atoms with Gasteiger partial charge in [0.15, 0.2) is 5.11 Å². The molecular formula is C18H19N3O4S. The van der Waals surface area contributed by atoms with Crippen LogP contribution in [0.5, 0.6) is 5.75 Å². The number of carbonyl (C=O) groups is 1. The summed E-state index contributed by atoms with van der Waals surface area (Å²) in [5, 5.41) is 26.1. The molecule has 0 aromatic heterocycles. The van der Waals surface area contributed by atoms with E-state index < -0.39 is 10.8 Å². The van der Waals surface area contributed by atoms with Crippen LogP contribution in [0.3, 0.4) is 0 Å². The highest BCUT2D eigenvalue weighted by Crippen LogP contribution is 2.29. The van der Waals surface area contributed by atoms with Gasteiger partial charge < -0.3 is 10.4 Å². The first-order valence-corrected chi connectivity index (χ1v) is 8.43. The molecule has 0 saturated heterocycles. The number of nitro groups is 1. The number of carbonyl (C=O) groups excluding carboxylic acids is 1. The van der Waals surface area contributed by atoms with Crippen LogP contribution in [-0.2, 0) is 0 Å². The third-order valence-electron chi connectivity index (χ3n) is 4.02. The summed E-state index contributed by atoms with van der Waals surface area (Å²) in [6.07, 6.45) is 0.934. The number of phenols is 1. The van der Waals surface area contributed by atoms with E-state index in [1.165, 1.54) is 24.3 Å². The van der Waals surface area contributed by atoms with Gasteiger partial charge in [0.2, 0.25) is 0 Å². The number of nitro benzene ring substituents is 1. The highest BCUT2D eigenvalue weighted by molar-refractivity contribution is 7.80. The Morgan fingerprint density at radius 3 is 2.65 bits per heavy atom. The number of nitrogens with one attached hydrogen (secondary N) is 2. The van der Waals surface area contributed by atoms with Gasteiger partial charge >= 0.3 is 0 Å². The summed E-state index contributed by atoms with van der Waals surface area (Å²) in [6.45, 7) is 4.12. The summed E-state index contributed by atoms with van der Waals surface area (Å²) in [7, 11) is 0. The molecule has 0 bridgehead atoms. The van der Waals surface area contributed by atoms with Crippen molar-refractivity contribution in [2.45, 2.75) is 26.2 Å². The van der Waals surface area contributed by atoms with Crippen LogP contribution in [0.4, 0.5) is 11.4 Å². The zero-order valence-corrected chi connectivity index (χ0v) is 15.2. The first kappa shape index (κ1) is 19.3. The number of hydrogen-bond acceptors (Lipinski definition) is 5. The summed E-state index contributed by atoms with van der Waals surface area (Å²) in [4.78, 5) is 22.7. The molecule has 8 heteroatoms. The smallest absolute Gasteiger partial charge is 0.282 e. The molecule has 0 saturated carbocycles. The van der Waals surface area contributed by atoms with Gasteiger partial charge in [0.1, 0.15) is 11.3 Å². The number of amides is 1. The summed E-state index contributed by atoms with van der Waals surface area (Å²) >= 11 is 5.09. The zero-order valence-electron chi connectivity index (χ0n) is 14.4. The minimum atomic E-state index is -0.702. The molecule has 0 unspecified atom stereocenters. The lowest BCUT2D eigenvalue weighted by molar-refractivity contribution is -0.385. The molecule has 3 N–H and O–H groups in total. The third kappa shape index (κ3) is 4.54. The molecule has 0 aliphatic rings. The molecular weight excluding hydrogens is 354 g/mol. The zero-order chi connectivity index (χ0) is 19.3. The maximum atomic E-state index is 12.3. The highest BCUT2D eigenvalue weighted by Gasteiger charge is 2.20. The molecule has 2 aromatic carbocycles. The molecule has 0 heterocycles. The van der Waals surface area contributed by atoms with Crippen molar-refractivity contribution in [1.82, 2.24) is 5.32 Å². The van der Waals surface area contributed by atoms with E-state index in [1.54, 1.807) is 12.1 Å². The number of benzene rings is 2. The average molecular weight is 373 g/mol. The number of hydrogen-bond donors (Lipinski definition) is 3. The van der Waals surface area contributed by atoms with Crippen LogP contribution in [0.1, 0.15) is 42.1 Å². The quantitative estimate of drug-likeness (QED) is 0.317. The maximum Gasteiger partial charge on any atom is 0.282 e. The highest BCUT2D eigenvalue weighted by atomic mass is 32.1. The fourth-order valence-electron chi connectivity index (χ4n) is 2.34. The van der Waals surface area contributed by atoms with Crippen molar-refractivity contribution in [2.75, 3.05) is 5.32 Å². The Kier molecular flexibility index (Phi) is 6.24. The van der Waals surface area contributed by atoms with Crippen molar-refractivity contribution in [3.05, 3.63) is 63.7 Å². The topological polar surface area (TPSA) is 104 Å². The van der Waals surface area contributed by atoms with E-state index in [1.807, 2.05) is 6.07 Å². The van der Waals surface area contributed by atoms with Gasteiger partial charge in [0.05, 0.1) is 10.6 Å². The van der Waals surface area contributed by atoms with Gasteiger partial charge in [-0.3, -0.25) is 20.2 Å². The predicted molar refractivity (Wildman–Crippen MR) is 104 cm³/mol. The first-order chi connectivity index (χ1) is 12.3. The van der Waals surface area contributed by atoms with E-state index in [4.69, 9.17) is 12.2 Å². The van der Waals surface area contributed by atoms with Crippen LogP contribution in [0.25, 0.3) is 0 Å². The fourth-order valence-corrected chi connectivity index (χ4v) is 2.55. The monoisotopic (exact) mass is 373 g/mol. The van der Waals surface area contributed by atoms with Gasteiger partial charge in [0.25, 0.3) is 11.6 Å². The van der Waals surface area contributed by atoms with Crippen LogP contribution < -0.4 is 10.6 Å². The SMILES string of the molecule is CC[C@H](C)c1ccc(O)c(NC(=S)NC(=O)c2ccccc2[N+](=O)[O-])c1. The number of rotatable bonds is 5. The maximum absolute atomic E-state index is 12.3. The van der Waals surface area contributed by atoms with Crippen LogP contribution in [0.2, 0.25) is 0 Å². The first-order valence-electron chi connectivity index (χ1n) is 8.02. The minimum absolute atomic E-state index is 0.0145. The van der Waals surface area contributed by atoms with Crippen molar-refractivity contribution in [3.63, 3.8) is 0 Å². The summed E-state index contributed by atoms with van der Waals surface area (Å²) in [6, 6.07) is 10.7. The molecule has 2 aromatic rings. The average Bonchev–Trinajstić information content (AvgIpc) is 2.62. The van der Waals surface area contributed by atoms with Crippen LogP contribution >= 0.6 is 12.2 Å². The molecule has 0 radical (unpaired) electrons. The lowest BCUT2D eigenvalue weighted by Gasteiger charge is -2.14. The second-order valence-electron chi connectivity index (χ2n) is 5.77. The number of nitrogens with zero attached hydrogens (tertiary/aromatic N) is 1. The third-order valence-corrected chi connectivity index (χ3v) is 4.23. The molecule has 136 valence electrons. The van der Waals surface area contributed by atoms with E-state index in [-0.39, 0.29) is 22.1 Å². The summed E-state index contributed by atoms with van der Waals surface area (Å²) in [5.41, 5.74) is 0.963. The molecule has 7 nitrogen and oxygen atoms in total. The summed E-state index contributed by atoms with van der Waals surface area (Å²) in [5.74, 6) is -0.419. The molecule has 0 aliphatic heterocycles. The lowest BCUT2D eigenvalue weighted by Crippen LogP contribution is -2.34. The molecule has 0 fully saturated rings. The van der Waals surface area contributed by atoms with Crippen molar-refractivity contribution in [3.8, 4) is 5.75 Å². The Hall–Kier alpha value is -3.00. The molecule has 0 aliphatic carbocycles. The number of anilines is 1. The fraction of sp³-hybridized carbons (Fsp3) is 0.222. The minimum Gasteiger partial charge on any atom is -0.506 e. The largest absolute Gasteiger partial charge is 0.506 e. The van der Waals surface area contributed by atoms with Crippen molar-refractivity contribution in [2.24, 2.45) is 0 Å². The second-order valence-corrected chi connectivity index (χ2v) is 6.18. The van der Waals surface area contributed by atoms with E-state index in [0.29, 0.717) is 11.6 Å². The van der Waals surface area contributed by atoms with Crippen LogP contribution in [0.15, 0.2) is 42.5 Å². The van der Waals surface area contributed by atoms with E-state index in [0.717, 1.165) is 12.0 Å². The predicted octanol–water partition coefficient (Wildman–Crippen LogP) is 3.94. The Labute approximate surface area is 156 Å². The van der Waals surface area contributed by atoms with Crippen molar-refractivity contribution in [1.29, 1.82) is 0 Å². The van der Waals surface area contributed by atoms with Gasteiger partial charge in [0, 0.05) is 6.07 Å². The number of aromatic hydroxyl groups is 1. The van der Waals surface area contributed by atoms with Crippen LogP contribution in [-0.4, -0.2) is 21.0 Å². The standard InChI is InChI=1S/C18H19N3O4S/c1-3-11(2)12-8-9-16(22)14(10-12)19-18(26)20-17(23)13-6-4-5-7-15(13)21(24)25/h4-11,22H,3H2,1-2H3,(H2,19,20,23,26)/t11-/m0/s1. The van der Waals surface area contributed by atoms with E-state index in [2.05, 4.69) is 24.5 Å². The van der Waals surface area contributed by atoms with Crippen molar-refractivity contribution >= 4 is 34.6 Å². The van der Waals surface area contributed by atoms with E-state index >= 15 is 0 Å². The second kappa shape index (κ2) is 8.39. The number of para-hydroxylation sites is 1. The molecule has 0 spiro atoms. The Balaban J connectivity index is 2.14. The Morgan fingerprint density at radius 1 is 1.31 bits per heavy atom. The van der Waals surface area contributed by atoms with Gasteiger partial charge in [-0.2, -0.15) is 0 Å². The lowest BCUT2D eigenvalue weighted by atomic mass is 9.98. The Bertz CT molecular complexity index is 854. The molecule has 2 rings (SSSR count). The summed E-state index contributed by atoms with van der Waals surface area (Å²) < 4.78 is 0. The molecule has 26 heavy (non-hydrogen) atoms. The van der Waals surface area contributed by atoms with Crippen LogP contribution in [0, 0.1) is 10.1 Å². The van der Waals surface area contributed by atoms with Crippen molar-refractivity contribution < 1.29 is 14.8 Å². The van der Waals surface area contributed by atoms with Gasteiger partial charge in [-0.25, -0.2) is 0 Å². The Morgan fingerprint density at radius 2 is 2.00 bits per heavy atom. The molecule has 1 amide bonds. The number of phenolic OH excluding ortho intramolecular Hbond substituents is 1. The molecule has 1 atom stereocenters. The van der Waals surface area contributed by atoms with Gasteiger partial charge in [-0.15, -0.1) is 0 Å².